The molecule has 0 radical (unpaired) electrons. The molecular formula is C16H17N3O3. The molecule has 22 heavy (non-hydrogen) atoms. The van der Waals surface area contributed by atoms with Crippen LogP contribution in [0.15, 0.2) is 35.1 Å². The molecule has 0 aliphatic carbocycles. The van der Waals surface area contributed by atoms with Gasteiger partial charge < -0.3 is 15.0 Å². The fourth-order valence-electron chi connectivity index (χ4n) is 2.45. The molecule has 0 saturated carbocycles. The Hall–Kier alpha value is -2.47. The van der Waals surface area contributed by atoms with Crippen molar-refractivity contribution in [2.75, 3.05) is 18.5 Å². The van der Waals surface area contributed by atoms with Gasteiger partial charge in [-0.1, -0.05) is 12.1 Å². The van der Waals surface area contributed by atoms with Gasteiger partial charge in [-0.05, 0) is 25.5 Å². The Bertz CT molecular complexity index is 748. The molecule has 3 rings (SSSR count). The van der Waals surface area contributed by atoms with Crippen LogP contribution in [0.2, 0.25) is 0 Å². The summed E-state index contributed by atoms with van der Waals surface area (Å²) in [6.07, 6.45) is 0.748. The molecule has 1 aliphatic heterocycles. The Labute approximate surface area is 127 Å². The van der Waals surface area contributed by atoms with Crippen LogP contribution in [-0.2, 0) is 9.53 Å². The number of rotatable bonds is 3. The second-order valence-electron chi connectivity index (χ2n) is 5.37. The number of aromatic nitrogens is 2. The first-order valence-corrected chi connectivity index (χ1v) is 7.19. The number of aromatic amines is 1. The molecule has 2 heterocycles. The highest BCUT2D eigenvalue weighted by molar-refractivity contribution is 5.93. The van der Waals surface area contributed by atoms with Crippen molar-refractivity contribution in [1.29, 1.82) is 0 Å². The van der Waals surface area contributed by atoms with E-state index >= 15 is 0 Å². The first-order valence-electron chi connectivity index (χ1n) is 7.19. The number of aryl methyl sites for hydroxylation is 1. The van der Waals surface area contributed by atoms with Gasteiger partial charge in [0.1, 0.15) is 5.82 Å². The first kappa shape index (κ1) is 14.5. The van der Waals surface area contributed by atoms with Crippen LogP contribution in [-0.4, -0.2) is 29.1 Å². The zero-order chi connectivity index (χ0) is 15.5. The molecule has 1 unspecified atom stereocenters. The maximum atomic E-state index is 12.1. The summed E-state index contributed by atoms with van der Waals surface area (Å²) in [6, 6.07) is 8.70. The number of nitrogens with zero attached hydrogens (tertiary/aromatic N) is 1. The molecule has 1 saturated heterocycles. The van der Waals surface area contributed by atoms with Gasteiger partial charge in [0.15, 0.2) is 0 Å². The molecule has 6 nitrogen and oxygen atoms in total. The highest BCUT2D eigenvalue weighted by Gasteiger charge is 2.23. The van der Waals surface area contributed by atoms with Crippen LogP contribution in [0.25, 0.3) is 11.4 Å². The summed E-state index contributed by atoms with van der Waals surface area (Å²) in [4.78, 5) is 30.7. The Morgan fingerprint density at radius 1 is 1.41 bits per heavy atom. The van der Waals surface area contributed by atoms with Crippen molar-refractivity contribution in [3.63, 3.8) is 0 Å². The summed E-state index contributed by atoms with van der Waals surface area (Å²) < 4.78 is 5.22. The Morgan fingerprint density at radius 3 is 3.00 bits per heavy atom. The Morgan fingerprint density at radius 2 is 2.27 bits per heavy atom. The largest absolute Gasteiger partial charge is 0.381 e. The molecule has 2 aromatic rings. The van der Waals surface area contributed by atoms with E-state index < -0.39 is 0 Å². The zero-order valence-corrected chi connectivity index (χ0v) is 12.3. The summed E-state index contributed by atoms with van der Waals surface area (Å²) in [5.74, 6) is 0.353. The molecule has 1 aliphatic rings. The smallest absolute Gasteiger partial charge is 0.251 e. The molecular weight excluding hydrogens is 282 g/mol. The van der Waals surface area contributed by atoms with Gasteiger partial charge in [0.25, 0.3) is 5.56 Å². The van der Waals surface area contributed by atoms with Crippen molar-refractivity contribution in [1.82, 2.24) is 9.97 Å². The van der Waals surface area contributed by atoms with Crippen LogP contribution >= 0.6 is 0 Å². The van der Waals surface area contributed by atoms with Crippen molar-refractivity contribution >= 4 is 11.6 Å². The molecule has 1 fully saturated rings. The minimum atomic E-state index is -0.194. The summed E-state index contributed by atoms with van der Waals surface area (Å²) in [5.41, 5.74) is 1.89. The summed E-state index contributed by atoms with van der Waals surface area (Å²) >= 11 is 0. The number of carbonyl (C=O) groups is 1. The van der Waals surface area contributed by atoms with Crippen molar-refractivity contribution in [2.45, 2.75) is 13.3 Å². The van der Waals surface area contributed by atoms with E-state index in [1.54, 1.807) is 13.0 Å². The number of carbonyl (C=O) groups excluding carboxylic acids is 1. The summed E-state index contributed by atoms with van der Waals surface area (Å²) in [5, 5.41) is 2.88. The van der Waals surface area contributed by atoms with Gasteiger partial charge in [-0.25, -0.2) is 4.98 Å². The van der Waals surface area contributed by atoms with E-state index in [4.69, 9.17) is 4.74 Å². The normalized spacial score (nSPS) is 17.4. The number of hydrogen-bond donors (Lipinski definition) is 2. The van der Waals surface area contributed by atoms with E-state index in [1.165, 1.54) is 6.07 Å². The predicted octanol–water partition coefficient (Wildman–Crippen LogP) is 1.72. The van der Waals surface area contributed by atoms with E-state index in [9.17, 15) is 9.59 Å². The molecule has 1 atom stereocenters. The van der Waals surface area contributed by atoms with Crippen LogP contribution < -0.4 is 10.9 Å². The lowest BCUT2D eigenvalue weighted by molar-refractivity contribution is -0.119. The van der Waals surface area contributed by atoms with Crippen LogP contribution in [0.4, 0.5) is 5.69 Å². The van der Waals surface area contributed by atoms with E-state index in [1.807, 2.05) is 18.2 Å². The third-order valence-electron chi connectivity index (χ3n) is 3.57. The monoisotopic (exact) mass is 299 g/mol. The van der Waals surface area contributed by atoms with Crippen molar-refractivity contribution in [2.24, 2.45) is 5.92 Å². The maximum absolute atomic E-state index is 12.1. The Kier molecular flexibility index (Phi) is 4.02. The van der Waals surface area contributed by atoms with Crippen LogP contribution in [0.3, 0.4) is 0 Å². The van der Waals surface area contributed by atoms with Gasteiger partial charge in [-0.3, -0.25) is 9.59 Å². The lowest BCUT2D eigenvalue weighted by Gasteiger charge is -2.10. The highest BCUT2D eigenvalue weighted by atomic mass is 16.5. The summed E-state index contributed by atoms with van der Waals surface area (Å²) in [7, 11) is 0. The standard InChI is InChI=1S/C16H17N3O3/c1-10-7-14(20)19-15(17-10)11-3-2-4-13(8-11)18-16(21)12-5-6-22-9-12/h2-4,7-8,12H,5-6,9H2,1H3,(H,18,21)(H,17,19,20). The molecule has 114 valence electrons. The van der Waals surface area contributed by atoms with Crippen LogP contribution in [0.5, 0.6) is 0 Å². The lowest BCUT2D eigenvalue weighted by Crippen LogP contribution is -2.22. The third kappa shape index (κ3) is 3.23. The SMILES string of the molecule is Cc1cc(=O)[nH]c(-c2cccc(NC(=O)C3CCOC3)c2)n1. The van der Waals surface area contributed by atoms with Gasteiger partial charge in [-0.15, -0.1) is 0 Å². The summed E-state index contributed by atoms with van der Waals surface area (Å²) in [6.45, 7) is 2.87. The maximum Gasteiger partial charge on any atom is 0.251 e. The number of nitrogens with one attached hydrogen (secondary N) is 2. The van der Waals surface area contributed by atoms with Gasteiger partial charge in [0.05, 0.1) is 12.5 Å². The second kappa shape index (κ2) is 6.11. The van der Waals surface area contributed by atoms with E-state index in [0.717, 1.165) is 12.0 Å². The minimum Gasteiger partial charge on any atom is -0.381 e. The first-order chi connectivity index (χ1) is 10.6. The average molecular weight is 299 g/mol. The molecule has 1 aromatic heterocycles. The van der Waals surface area contributed by atoms with Gasteiger partial charge >= 0.3 is 0 Å². The van der Waals surface area contributed by atoms with Crippen LogP contribution in [0.1, 0.15) is 12.1 Å². The predicted molar refractivity (Wildman–Crippen MR) is 82.6 cm³/mol. The van der Waals surface area contributed by atoms with Crippen molar-refractivity contribution in [3.8, 4) is 11.4 Å². The average Bonchev–Trinajstić information content (AvgIpc) is 3.01. The molecule has 0 bridgehead atoms. The molecule has 2 N–H and O–H groups in total. The lowest BCUT2D eigenvalue weighted by atomic mass is 10.1. The van der Waals surface area contributed by atoms with Crippen LogP contribution in [0, 0.1) is 12.8 Å². The van der Waals surface area contributed by atoms with Crippen molar-refractivity contribution < 1.29 is 9.53 Å². The van der Waals surface area contributed by atoms with E-state index in [-0.39, 0.29) is 17.4 Å². The zero-order valence-electron chi connectivity index (χ0n) is 12.3. The number of amides is 1. The number of hydrogen-bond acceptors (Lipinski definition) is 4. The number of ether oxygens (including phenoxy) is 1. The molecule has 0 spiro atoms. The topological polar surface area (TPSA) is 84.1 Å². The number of anilines is 1. The van der Waals surface area contributed by atoms with E-state index in [0.29, 0.717) is 30.4 Å². The quantitative estimate of drug-likeness (QED) is 0.904. The number of H-pyrrole nitrogens is 1. The Balaban J connectivity index is 1.83. The van der Waals surface area contributed by atoms with E-state index in [2.05, 4.69) is 15.3 Å². The second-order valence-corrected chi connectivity index (χ2v) is 5.37. The van der Waals surface area contributed by atoms with Gasteiger partial charge in [0, 0.05) is 29.6 Å². The van der Waals surface area contributed by atoms with Crippen molar-refractivity contribution in [3.05, 3.63) is 46.4 Å². The molecule has 1 aromatic carbocycles. The third-order valence-corrected chi connectivity index (χ3v) is 3.57. The van der Waals surface area contributed by atoms with Gasteiger partial charge in [0.2, 0.25) is 5.91 Å². The molecule has 6 heteroatoms. The number of benzene rings is 1. The highest BCUT2D eigenvalue weighted by Crippen LogP contribution is 2.20. The fraction of sp³-hybridized carbons (Fsp3) is 0.312. The van der Waals surface area contributed by atoms with Gasteiger partial charge in [-0.2, -0.15) is 0 Å². The fourth-order valence-corrected chi connectivity index (χ4v) is 2.45. The molecule has 1 amide bonds. The minimum absolute atomic E-state index is 0.0413.